The van der Waals surface area contributed by atoms with Gasteiger partial charge in [-0.05, 0) is 36.1 Å². The molecule has 0 aliphatic heterocycles. The average Bonchev–Trinajstić information content (AvgIpc) is 2.90. The van der Waals surface area contributed by atoms with Gasteiger partial charge < -0.3 is 9.47 Å². The number of aryl methyl sites for hydroxylation is 1. The minimum absolute atomic E-state index is 0.0111. The van der Waals surface area contributed by atoms with Gasteiger partial charge in [-0.15, -0.1) is 0 Å². The highest BCUT2D eigenvalue weighted by Crippen LogP contribution is 2.35. The van der Waals surface area contributed by atoms with Crippen LogP contribution >= 0.6 is 0 Å². The molecule has 0 N–H and O–H groups in total. The van der Waals surface area contributed by atoms with Gasteiger partial charge in [-0.2, -0.15) is 0 Å². The van der Waals surface area contributed by atoms with Crippen molar-refractivity contribution in [2.45, 2.75) is 18.9 Å². The van der Waals surface area contributed by atoms with Gasteiger partial charge in [0, 0.05) is 0 Å². The number of benzene rings is 2. The van der Waals surface area contributed by atoms with E-state index in [1.807, 2.05) is 30.3 Å². The molecule has 0 radical (unpaired) electrons. The Bertz CT molecular complexity index is 634. The maximum Gasteiger partial charge on any atom is 0.341 e. The third-order valence-electron chi connectivity index (χ3n) is 3.64. The van der Waals surface area contributed by atoms with Crippen LogP contribution in [0.25, 0.3) is 0 Å². The maximum absolute atomic E-state index is 11.8. The number of hydrogen-bond acceptors (Lipinski definition) is 3. The summed E-state index contributed by atoms with van der Waals surface area (Å²) in [5.41, 5.74) is 3.01. The summed E-state index contributed by atoms with van der Waals surface area (Å²) in [5, 5.41) is 0. The molecule has 2 aromatic rings. The highest BCUT2D eigenvalue weighted by atomic mass is 16.5. The van der Waals surface area contributed by atoms with E-state index >= 15 is 0 Å². The zero-order valence-electron chi connectivity index (χ0n) is 11.3. The topological polar surface area (TPSA) is 35.5 Å². The van der Waals surface area contributed by atoms with E-state index in [1.54, 1.807) is 6.07 Å². The predicted molar refractivity (Wildman–Crippen MR) is 75.9 cm³/mol. The van der Waals surface area contributed by atoms with E-state index < -0.39 is 0 Å². The molecule has 0 aromatic heterocycles. The fourth-order valence-electron chi connectivity index (χ4n) is 2.64. The summed E-state index contributed by atoms with van der Waals surface area (Å²) in [6.45, 7) is 0. The summed E-state index contributed by atoms with van der Waals surface area (Å²) < 4.78 is 10.8. The van der Waals surface area contributed by atoms with Crippen molar-refractivity contribution in [3.8, 4) is 5.75 Å². The van der Waals surface area contributed by atoms with Gasteiger partial charge in [-0.25, -0.2) is 4.79 Å². The molecule has 0 spiro atoms. The van der Waals surface area contributed by atoms with Crippen LogP contribution in [-0.2, 0) is 11.2 Å². The highest BCUT2D eigenvalue weighted by Gasteiger charge is 2.25. The standard InChI is InChI=1S/C17H16O3/c1-19-17(18)14-8-4-5-9-15(14)20-16-11-10-12-6-2-3-7-13(12)16/h2-9,16H,10-11H2,1H3. The minimum Gasteiger partial charge on any atom is -0.485 e. The number of esters is 1. The lowest BCUT2D eigenvalue weighted by Crippen LogP contribution is -2.09. The van der Waals surface area contributed by atoms with E-state index in [1.165, 1.54) is 18.2 Å². The van der Waals surface area contributed by atoms with Gasteiger partial charge in [0.25, 0.3) is 0 Å². The second-order valence-electron chi connectivity index (χ2n) is 4.83. The molecule has 0 fully saturated rings. The molecule has 3 heteroatoms. The Labute approximate surface area is 118 Å². The van der Waals surface area contributed by atoms with Crippen molar-refractivity contribution in [1.82, 2.24) is 0 Å². The van der Waals surface area contributed by atoms with Gasteiger partial charge in [0.1, 0.15) is 17.4 Å². The molecule has 0 bridgehead atoms. The average molecular weight is 268 g/mol. The summed E-state index contributed by atoms with van der Waals surface area (Å²) in [6.07, 6.45) is 1.97. The summed E-state index contributed by atoms with van der Waals surface area (Å²) in [4.78, 5) is 11.8. The van der Waals surface area contributed by atoms with Crippen molar-refractivity contribution in [2.24, 2.45) is 0 Å². The van der Waals surface area contributed by atoms with E-state index in [0.29, 0.717) is 11.3 Å². The summed E-state index contributed by atoms with van der Waals surface area (Å²) in [6, 6.07) is 15.5. The fraction of sp³-hybridized carbons (Fsp3) is 0.235. The first-order valence-electron chi connectivity index (χ1n) is 6.71. The van der Waals surface area contributed by atoms with Crippen LogP contribution in [-0.4, -0.2) is 13.1 Å². The van der Waals surface area contributed by atoms with Crippen LogP contribution in [0.3, 0.4) is 0 Å². The third kappa shape index (κ3) is 2.27. The Hall–Kier alpha value is -2.29. The summed E-state index contributed by atoms with van der Waals surface area (Å²) >= 11 is 0. The van der Waals surface area contributed by atoms with Crippen LogP contribution in [0.15, 0.2) is 48.5 Å². The molecule has 0 saturated heterocycles. The van der Waals surface area contributed by atoms with Crippen molar-refractivity contribution in [3.63, 3.8) is 0 Å². The second-order valence-corrected chi connectivity index (χ2v) is 4.83. The van der Waals surface area contributed by atoms with Gasteiger partial charge in [0.15, 0.2) is 0 Å². The van der Waals surface area contributed by atoms with Crippen molar-refractivity contribution < 1.29 is 14.3 Å². The van der Waals surface area contributed by atoms with Crippen LogP contribution < -0.4 is 4.74 Å². The smallest absolute Gasteiger partial charge is 0.341 e. The van der Waals surface area contributed by atoms with Gasteiger partial charge in [-0.1, -0.05) is 36.4 Å². The molecule has 102 valence electrons. The molecular weight excluding hydrogens is 252 g/mol. The normalized spacial score (nSPS) is 16.6. The number of methoxy groups -OCH3 is 1. The first-order chi connectivity index (χ1) is 9.79. The Kier molecular flexibility index (Phi) is 3.42. The van der Waals surface area contributed by atoms with E-state index in [0.717, 1.165) is 12.8 Å². The molecule has 3 nitrogen and oxygen atoms in total. The lowest BCUT2D eigenvalue weighted by Gasteiger charge is -2.17. The lowest BCUT2D eigenvalue weighted by atomic mass is 10.1. The summed E-state index contributed by atoms with van der Waals surface area (Å²) in [7, 11) is 1.38. The fourth-order valence-corrected chi connectivity index (χ4v) is 2.64. The largest absolute Gasteiger partial charge is 0.485 e. The maximum atomic E-state index is 11.8. The predicted octanol–water partition coefficient (Wildman–Crippen LogP) is 3.54. The Balaban J connectivity index is 1.88. The molecule has 20 heavy (non-hydrogen) atoms. The first kappa shape index (κ1) is 12.7. The van der Waals surface area contributed by atoms with Gasteiger partial charge in [0.2, 0.25) is 0 Å². The minimum atomic E-state index is -0.369. The monoisotopic (exact) mass is 268 g/mol. The van der Waals surface area contributed by atoms with Crippen LogP contribution in [0.1, 0.15) is 34.0 Å². The SMILES string of the molecule is COC(=O)c1ccccc1OC1CCc2ccccc21. The Morgan fingerprint density at radius 2 is 1.85 bits per heavy atom. The van der Waals surface area contributed by atoms with Crippen molar-refractivity contribution >= 4 is 5.97 Å². The van der Waals surface area contributed by atoms with Crippen molar-refractivity contribution in [2.75, 3.05) is 7.11 Å². The Morgan fingerprint density at radius 3 is 2.70 bits per heavy atom. The first-order valence-corrected chi connectivity index (χ1v) is 6.71. The van der Waals surface area contributed by atoms with Crippen LogP contribution in [0.5, 0.6) is 5.75 Å². The molecular formula is C17H16O3. The number of carbonyl (C=O) groups is 1. The molecule has 3 rings (SSSR count). The van der Waals surface area contributed by atoms with Gasteiger partial charge in [-0.3, -0.25) is 0 Å². The summed E-state index contributed by atoms with van der Waals surface area (Å²) in [5.74, 6) is 0.216. The van der Waals surface area contributed by atoms with E-state index in [2.05, 4.69) is 12.1 Å². The highest BCUT2D eigenvalue weighted by molar-refractivity contribution is 5.92. The van der Waals surface area contributed by atoms with Crippen LogP contribution in [0.2, 0.25) is 0 Å². The number of carbonyl (C=O) groups excluding carboxylic acids is 1. The molecule has 1 aliphatic rings. The molecule has 0 amide bonds. The number of rotatable bonds is 3. The molecule has 1 unspecified atom stereocenters. The number of ether oxygens (including phenoxy) is 2. The Morgan fingerprint density at radius 1 is 1.10 bits per heavy atom. The third-order valence-corrected chi connectivity index (χ3v) is 3.64. The van der Waals surface area contributed by atoms with Crippen LogP contribution in [0, 0.1) is 0 Å². The molecule has 1 aliphatic carbocycles. The molecule has 0 heterocycles. The second kappa shape index (κ2) is 5.37. The molecule has 0 saturated carbocycles. The van der Waals surface area contributed by atoms with E-state index in [4.69, 9.17) is 9.47 Å². The molecule has 2 aromatic carbocycles. The van der Waals surface area contributed by atoms with E-state index in [9.17, 15) is 4.79 Å². The quantitative estimate of drug-likeness (QED) is 0.799. The zero-order chi connectivity index (χ0) is 13.9. The molecule has 1 atom stereocenters. The zero-order valence-corrected chi connectivity index (χ0v) is 11.3. The number of hydrogen-bond donors (Lipinski definition) is 0. The van der Waals surface area contributed by atoms with E-state index in [-0.39, 0.29) is 12.1 Å². The number of para-hydroxylation sites is 1. The van der Waals surface area contributed by atoms with Gasteiger partial charge >= 0.3 is 5.97 Å². The lowest BCUT2D eigenvalue weighted by molar-refractivity contribution is 0.0593. The van der Waals surface area contributed by atoms with Crippen molar-refractivity contribution in [1.29, 1.82) is 0 Å². The van der Waals surface area contributed by atoms with Crippen LogP contribution in [0.4, 0.5) is 0 Å². The number of fused-ring (bicyclic) bond motifs is 1. The van der Waals surface area contributed by atoms with Crippen molar-refractivity contribution in [3.05, 3.63) is 65.2 Å². The van der Waals surface area contributed by atoms with Gasteiger partial charge in [0.05, 0.1) is 7.11 Å².